The van der Waals surface area contributed by atoms with Crippen LogP contribution in [0, 0.1) is 0 Å². The number of urea groups is 1. The van der Waals surface area contributed by atoms with Gasteiger partial charge < -0.3 is 30.7 Å². The maximum atomic E-state index is 12.9. The van der Waals surface area contributed by atoms with Crippen LogP contribution in [0.4, 0.5) is 10.5 Å². The van der Waals surface area contributed by atoms with Crippen molar-refractivity contribution in [3.05, 3.63) is 59.2 Å². The number of hydrogen-bond acceptors (Lipinski definition) is 6. The molecular formula is C26H32N4O4S. The number of likely N-dealkylation sites (tertiary alicyclic amines) is 1. The topological polar surface area (TPSA) is 103 Å². The molecule has 0 aliphatic carbocycles. The fraction of sp³-hybridized carbons (Fsp3) is 0.462. The van der Waals surface area contributed by atoms with E-state index >= 15 is 0 Å². The van der Waals surface area contributed by atoms with Crippen LogP contribution in [0.25, 0.3) is 0 Å². The van der Waals surface area contributed by atoms with E-state index in [-0.39, 0.29) is 36.7 Å². The molecule has 5 rings (SSSR count). The van der Waals surface area contributed by atoms with E-state index in [0.29, 0.717) is 19.7 Å². The zero-order valence-electron chi connectivity index (χ0n) is 19.8. The standard InChI is InChI=1S/C26H32N4O4S/c1-35-24-7-3-2-5-17(24)21-6-4-10-30(21)25(32)14-28-26(33)27-13-16-8-9-19-18(11-16)23-12-20(29-19)22(31)15-34-23/h2-3,5,7-9,11,20-23,29,31H,4,6,10,12-15H2,1H3,(H2,27,28,33)/t20-,21+,22+,23-/m0/s1. The average molecular weight is 497 g/mol. The Morgan fingerprint density at radius 1 is 1.20 bits per heavy atom. The highest BCUT2D eigenvalue weighted by atomic mass is 32.2. The first-order valence-corrected chi connectivity index (χ1v) is 13.4. The number of hydrogen-bond donors (Lipinski definition) is 4. The summed E-state index contributed by atoms with van der Waals surface area (Å²) in [5.74, 6) is -0.0652. The van der Waals surface area contributed by atoms with E-state index in [4.69, 9.17) is 4.74 Å². The van der Waals surface area contributed by atoms with Gasteiger partial charge in [0.2, 0.25) is 5.91 Å². The van der Waals surface area contributed by atoms with E-state index in [1.807, 2.05) is 41.5 Å². The van der Waals surface area contributed by atoms with Gasteiger partial charge in [0.15, 0.2) is 0 Å². The number of aliphatic hydroxyl groups excluding tert-OH is 1. The number of anilines is 1. The maximum Gasteiger partial charge on any atom is 0.315 e. The molecule has 3 aliphatic rings. The Morgan fingerprint density at radius 3 is 2.91 bits per heavy atom. The number of carbonyl (C=O) groups is 2. The van der Waals surface area contributed by atoms with Crippen LogP contribution >= 0.6 is 11.8 Å². The number of nitrogens with zero attached hydrogens (tertiary/aromatic N) is 1. The second kappa shape index (κ2) is 10.5. The van der Waals surface area contributed by atoms with Gasteiger partial charge in [0.05, 0.1) is 37.4 Å². The molecule has 186 valence electrons. The SMILES string of the molecule is CSc1ccccc1[C@H]1CCCN1C(=O)CNC(=O)NCc1ccc2c(c1)[C@@H]1C[C@H](N2)[C@H](O)CO1. The second-order valence-corrected chi connectivity index (χ2v) is 10.2. The van der Waals surface area contributed by atoms with Crippen LogP contribution < -0.4 is 16.0 Å². The van der Waals surface area contributed by atoms with Gasteiger partial charge in [-0.1, -0.05) is 24.3 Å². The number of amides is 3. The molecule has 2 bridgehead atoms. The Labute approximate surface area is 209 Å². The molecule has 0 radical (unpaired) electrons. The van der Waals surface area contributed by atoms with Crippen LogP contribution in [-0.2, 0) is 16.1 Å². The first-order valence-electron chi connectivity index (χ1n) is 12.2. The minimum Gasteiger partial charge on any atom is -0.389 e. The lowest BCUT2D eigenvalue weighted by atomic mass is 9.89. The summed E-state index contributed by atoms with van der Waals surface area (Å²) in [7, 11) is 0. The van der Waals surface area contributed by atoms with Crippen LogP contribution in [-0.4, -0.2) is 60.0 Å². The minimum atomic E-state index is -0.497. The van der Waals surface area contributed by atoms with Crippen LogP contribution in [0.15, 0.2) is 47.4 Å². The molecule has 3 amide bonds. The smallest absolute Gasteiger partial charge is 0.315 e. The van der Waals surface area contributed by atoms with Crippen LogP contribution in [0.5, 0.6) is 0 Å². The fourth-order valence-electron chi connectivity index (χ4n) is 5.31. The van der Waals surface area contributed by atoms with Gasteiger partial charge in [-0.25, -0.2) is 4.79 Å². The highest BCUT2D eigenvalue weighted by Gasteiger charge is 2.36. The summed E-state index contributed by atoms with van der Waals surface area (Å²) < 4.78 is 5.80. The van der Waals surface area contributed by atoms with Crippen molar-refractivity contribution in [1.29, 1.82) is 0 Å². The largest absolute Gasteiger partial charge is 0.389 e. The van der Waals surface area contributed by atoms with Gasteiger partial charge in [0.25, 0.3) is 0 Å². The summed E-state index contributed by atoms with van der Waals surface area (Å²) >= 11 is 1.69. The average Bonchev–Trinajstić information content (AvgIpc) is 3.38. The zero-order valence-corrected chi connectivity index (χ0v) is 20.6. The molecule has 35 heavy (non-hydrogen) atoms. The molecule has 3 aliphatic heterocycles. The minimum absolute atomic E-state index is 0.0120. The number of rotatable bonds is 6. The van der Waals surface area contributed by atoms with Crippen molar-refractivity contribution < 1.29 is 19.4 Å². The van der Waals surface area contributed by atoms with Crippen molar-refractivity contribution >= 4 is 29.4 Å². The molecule has 8 nitrogen and oxygen atoms in total. The molecule has 2 aromatic rings. The van der Waals surface area contributed by atoms with Crippen molar-refractivity contribution in [2.75, 3.05) is 31.3 Å². The summed E-state index contributed by atoms with van der Waals surface area (Å²) in [6, 6.07) is 13.9. The number of ether oxygens (including phenoxy) is 1. The number of thioether (sulfide) groups is 1. The third kappa shape index (κ3) is 5.12. The molecule has 0 saturated carbocycles. The lowest BCUT2D eigenvalue weighted by Gasteiger charge is -2.40. The van der Waals surface area contributed by atoms with E-state index < -0.39 is 6.10 Å². The second-order valence-electron chi connectivity index (χ2n) is 9.32. The predicted octanol–water partition coefficient (Wildman–Crippen LogP) is 3.19. The lowest BCUT2D eigenvalue weighted by Crippen LogP contribution is -2.46. The van der Waals surface area contributed by atoms with Crippen LogP contribution in [0.1, 0.15) is 48.1 Å². The van der Waals surface area contributed by atoms with Crippen molar-refractivity contribution in [3.8, 4) is 0 Å². The highest BCUT2D eigenvalue weighted by Crippen LogP contribution is 2.39. The number of nitrogens with one attached hydrogen (secondary N) is 3. The van der Waals surface area contributed by atoms with Crippen molar-refractivity contribution in [2.45, 2.75) is 55.0 Å². The molecule has 0 aromatic heterocycles. The van der Waals surface area contributed by atoms with Gasteiger partial charge >= 0.3 is 6.03 Å². The van der Waals surface area contributed by atoms with E-state index in [1.54, 1.807) is 11.8 Å². The van der Waals surface area contributed by atoms with Gasteiger partial charge in [-0.3, -0.25) is 4.79 Å². The molecular weight excluding hydrogens is 464 g/mol. The molecule has 3 heterocycles. The Kier molecular flexibility index (Phi) is 7.17. The normalized spacial score (nSPS) is 24.9. The van der Waals surface area contributed by atoms with E-state index in [2.05, 4.69) is 28.1 Å². The summed E-state index contributed by atoms with van der Waals surface area (Å²) in [5.41, 5.74) is 4.15. The van der Waals surface area contributed by atoms with Crippen LogP contribution in [0.3, 0.4) is 0 Å². The Balaban J connectivity index is 1.14. The van der Waals surface area contributed by atoms with Gasteiger partial charge in [-0.15, -0.1) is 11.8 Å². The molecule has 2 saturated heterocycles. The third-order valence-electron chi connectivity index (χ3n) is 7.13. The maximum absolute atomic E-state index is 12.9. The molecule has 0 unspecified atom stereocenters. The van der Waals surface area contributed by atoms with Gasteiger partial charge in [0, 0.05) is 35.7 Å². The molecule has 0 spiro atoms. The Morgan fingerprint density at radius 2 is 2.06 bits per heavy atom. The summed E-state index contributed by atoms with van der Waals surface area (Å²) in [6.07, 6.45) is 4.13. The predicted molar refractivity (Wildman–Crippen MR) is 135 cm³/mol. The molecule has 2 aromatic carbocycles. The zero-order chi connectivity index (χ0) is 24.4. The number of benzene rings is 2. The first kappa shape index (κ1) is 24.0. The van der Waals surface area contributed by atoms with Gasteiger partial charge in [-0.05, 0) is 48.4 Å². The van der Waals surface area contributed by atoms with Gasteiger partial charge in [-0.2, -0.15) is 0 Å². The molecule has 9 heteroatoms. The Bertz CT molecular complexity index is 1100. The number of fused-ring (bicyclic) bond motifs is 4. The summed E-state index contributed by atoms with van der Waals surface area (Å²) in [5, 5.41) is 19.0. The van der Waals surface area contributed by atoms with Crippen molar-refractivity contribution in [2.24, 2.45) is 0 Å². The van der Waals surface area contributed by atoms with Crippen molar-refractivity contribution in [3.63, 3.8) is 0 Å². The van der Waals surface area contributed by atoms with Crippen molar-refractivity contribution in [1.82, 2.24) is 15.5 Å². The van der Waals surface area contributed by atoms with Gasteiger partial charge in [0.1, 0.15) is 0 Å². The molecule has 4 atom stereocenters. The first-order chi connectivity index (χ1) is 17.0. The van der Waals surface area contributed by atoms with Crippen LogP contribution in [0.2, 0.25) is 0 Å². The third-order valence-corrected chi connectivity index (χ3v) is 7.94. The van der Waals surface area contributed by atoms with E-state index in [1.165, 1.54) is 10.5 Å². The fourth-order valence-corrected chi connectivity index (χ4v) is 5.97. The highest BCUT2D eigenvalue weighted by molar-refractivity contribution is 7.98. The Hall–Kier alpha value is -2.75. The summed E-state index contributed by atoms with van der Waals surface area (Å²) in [4.78, 5) is 28.4. The lowest BCUT2D eigenvalue weighted by molar-refractivity contribution is -0.131. The number of aliphatic hydroxyl groups is 1. The monoisotopic (exact) mass is 496 g/mol. The summed E-state index contributed by atoms with van der Waals surface area (Å²) in [6.45, 7) is 1.35. The van der Waals surface area contributed by atoms with E-state index in [0.717, 1.165) is 36.1 Å². The quantitative estimate of drug-likeness (QED) is 0.458. The molecule has 2 fully saturated rings. The number of carbonyl (C=O) groups excluding carboxylic acids is 2. The van der Waals surface area contributed by atoms with E-state index in [9.17, 15) is 14.7 Å². The molecule has 4 N–H and O–H groups in total.